The van der Waals surface area contributed by atoms with Gasteiger partial charge >= 0.3 is 0 Å². The summed E-state index contributed by atoms with van der Waals surface area (Å²) >= 11 is 1.62. The third-order valence-electron chi connectivity index (χ3n) is 2.77. The first-order valence-corrected chi connectivity index (χ1v) is 6.90. The molecule has 1 aromatic carbocycles. The van der Waals surface area contributed by atoms with Crippen molar-refractivity contribution >= 4 is 11.3 Å². The highest BCUT2D eigenvalue weighted by molar-refractivity contribution is 7.07. The van der Waals surface area contributed by atoms with Crippen LogP contribution in [0.3, 0.4) is 0 Å². The number of aliphatic hydroxyl groups is 1. The lowest BCUT2D eigenvalue weighted by molar-refractivity contribution is 0.220. The lowest BCUT2D eigenvalue weighted by Gasteiger charge is -2.12. The third-order valence-corrected chi connectivity index (χ3v) is 3.47. The summed E-state index contributed by atoms with van der Waals surface area (Å²) in [7, 11) is 0. The van der Waals surface area contributed by atoms with E-state index in [-0.39, 0.29) is 0 Å². The Balaban J connectivity index is 2.21. The van der Waals surface area contributed by atoms with Crippen molar-refractivity contribution in [3.8, 4) is 0 Å². The number of hydrogen-bond donors (Lipinski definition) is 1. The maximum Gasteiger partial charge on any atom is 0.105 e. The fraction of sp³-hybridized carbons (Fsp3) is 0.333. The maximum atomic E-state index is 10.2. The third kappa shape index (κ3) is 3.18. The van der Waals surface area contributed by atoms with Gasteiger partial charge in [0.05, 0.1) is 0 Å². The Hall–Kier alpha value is -1.12. The lowest BCUT2D eigenvalue weighted by Crippen LogP contribution is -2.00. The zero-order valence-electron chi connectivity index (χ0n) is 10.3. The summed E-state index contributed by atoms with van der Waals surface area (Å²) in [5.41, 5.74) is 3.27. The Morgan fingerprint density at radius 1 is 1.18 bits per heavy atom. The smallest absolute Gasteiger partial charge is 0.105 e. The molecule has 1 atom stereocenters. The first kappa shape index (κ1) is 12.3. The molecule has 1 aromatic heterocycles. The molecule has 1 heterocycles. The molecule has 1 nitrogen and oxygen atoms in total. The number of hydrogen-bond acceptors (Lipinski definition) is 2. The van der Waals surface area contributed by atoms with E-state index in [1.807, 2.05) is 29.0 Å². The molecule has 90 valence electrons. The van der Waals surface area contributed by atoms with Crippen LogP contribution >= 0.6 is 11.3 Å². The van der Waals surface area contributed by atoms with Crippen molar-refractivity contribution < 1.29 is 5.11 Å². The molecule has 0 saturated carbocycles. The zero-order valence-corrected chi connectivity index (χ0v) is 11.1. The van der Waals surface area contributed by atoms with Gasteiger partial charge in [0.25, 0.3) is 0 Å². The van der Waals surface area contributed by atoms with Gasteiger partial charge in [0.15, 0.2) is 0 Å². The highest BCUT2D eigenvalue weighted by atomic mass is 32.1. The molecule has 0 amide bonds. The molecule has 2 heteroatoms. The fourth-order valence-electron chi connectivity index (χ4n) is 1.98. The molecule has 0 spiro atoms. The fourth-order valence-corrected chi connectivity index (χ4v) is 2.66. The summed E-state index contributed by atoms with van der Waals surface area (Å²) in [6.45, 7) is 4.42. The highest BCUT2D eigenvalue weighted by Crippen LogP contribution is 2.25. The summed E-state index contributed by atoms with van der Waals surface area (Å²) in [4.78, 5) is 0. The van der Waals surface area contributed by atoms with Gasteiger partial charge in [0, 0.05) is 0 Å². The molecule has 1 N–H and O–H groups in total. The van der Waals surface area contributed by atoms with E-state index >= 15 is 0 Å². The van der Waals surface area contributed by atoms with E-state index in [1.54, 1.807) is 11.3 Å². The van der Waals surface area contributed by atoms with E-state index < -0.39 is 6.10 Å². The molecular weight excluding hydrogens is 228 g/mol. The maximum absolute atomic E-state index is 10.2. The average molecular weight is 246 g/mol. The van der Waals surface area contributed by atoms with Crippen LogP contribution in [0.4, 0.5) is 0 Å². The second-order valence-corrected chi connectivity index (χ2v) is 5.58. The molecule has 1 unspecified atom stereocenters. The molecule has 2 rings (SSSR count). The zero-order chi connectivity index (χ0) is 12.3. The van der Waals surface area contributed by atoms with E-state index in [2.05, 4.69) is 26.0 Å². The molecule has 0 aliphatic carbocycles. The molecule has 0 bridgehead atoms. The van der Waals surface area contributed by atoms with Crippen LogP contribution < -0.4 is 0 Å². The van der Waals surface area contributed by atoms with Crippen LogP contribution in [0.25, 0.3) is 0 Å². The average Bonchev–Trinajstić information content (AvgIpc) is 2.81. The SMILES string of the molecule is CC(C)Cc1cccc(C(O)c2ccsc2)c1. The summed E-state index contributed by atoms with van der Waals surface area (Å²) in [6, 6.07) is 10.2. The van der Waals surface area contributed by atoms with Crippen molar-refractivity contribution in [3.63, 3.8) is 0 Å². The largest absolute Gasteiger partial charge is 0.384 e. The van der Waals surface area contributed by atoms with E-state index in [0.717, 1.165) is 17.5 Å². The van der Waals surface area contributed by atoms with Gasteiger partial charge in [-0.1, -0.05) is 38.1 Å². The minimum absolute atomic E-state index is 0.492. The van der Waals surface area contributed by atoms with E-state index in [1.165, 1.54) is 5.56 Å². The Morgan fingerprint density at radius 2 is 2.00 bits per heavy atom. The highest BCUT2D eigenvalue weighted by Gasteiger charge is 2.11. The second-order valence-electron chi connectivity index (χ2n) is 4.80. The van der Waals surface area contributed by atoms with E-state index in [0.29, 0.717) is 5.92 Å². The number of benzene rings is 1. The molecular formula is C15H18OS. The van der Waals surface area contributed by atoms with Crippen molar-refractivity contribution in [1.29, 1.82) is 0 Å². The van der Waals surface area contributed by atoms with Crippen LogP contribution in [0.5, 0.6) is 0 Å². The van der Waals surface area contributed by atoms with Crippen molar-refractivity contribution in [3.05, 3.63) is 57.8 Å². The molecule has 2 aromatic rings. The quantitative estimate of drug-likeness (QED) is 0.863. The number of rotatable bonds is 4. The van der Waals surface area contributed by atoms with E-state index in [9.17, 15) is 5.11 Å². The van der Waals surface area contributed by atoms with E-state index in [4.69, 9.17) is 0 Å². The van der Waals surface area contributed by atoms with Gasteiger partial charge in [0.1, 0.15) is 6.10 Å². The van der Waals surface area contributed by atoms with Crippen LogP contribution in [0.15, 0.2) is 41.1 Å². The first-order valence-electron chi connectivity index (χ1n) is 5.96. The molecule has 17 heavy (non-hydrogen) atoms. The lowest BCUT2D eigenvalue weighted by atomic mass is 9.97. The van der Waals surface area contributed by atoms with Crippen molar-refractivity contribution in [2.24, 2.45) is 5.92 Å². The molecule has 0 fully saturated rings. The van der Waals surface area contributed by atoms with Crippen molar-refractivity contribution in [2.75, 3.05) is 0 Å². The van der Waals surface area contributed by atoms with Crippen molar-refractivity contribution in [1.82, 2.24) is 0 Å². The Bertz CT molecular complexity index is 460. The topological polar surface area (TPSA) is 20.2 Å². The van der Waals surface area contributed by atoms with Gasteiger partial charge < -0.3 is 5.11 Å². The van der Waals surface area contributed by atoms with Crippen LogP contribution in [0.1, 0.15) is 36.6 Å². The molecule has 0 aliphatic rings. The van der Waals surface area contributed by atoms with Crippen LogP contribution in [0, 0.1) is 5.92 Å². The van der Waals surface area contributed by atoms with Gasteiger partial charge in [-0.15, -0.1) is 0 Å². The minimum atomic E-state index is -0.492. The van der Waals surface area contributed by atoms with Gasteiger partial charge in [0.2, 0.25) is 0 Å². The molecule has 0 saturated heterocycles. The van der Waals surface area contributed by atoms with Gasteiger partial charge in [-0.2, -0.15) is 11.3 Å². The summed E-state index contributed by atoms with van der Waals surface area (Å²) < 4.78 is 0. The summed E-state index contributed by atoms with van der Waals surface area (Å²) in [6.07, 6.45) is 0.567. The van der Waals surface area contributed by atoms with Crippen LogP contribution in [-0.4, -0.2) is 5.11 Å². The first-order chi connectivity index (χ1) is 8.16. The van der Waals surface area contributed by atoms with Crippen molar-refractivity contribution in [2.45, 2.75) is 26.4 Å². The Kier molecular flexibility index (Phi) is 3.97. The number of aliphatic hydroxyl groups excluding tert-OH is 1. The van der Waals surface area contributed by atoms with Gasteiger partial charge in [-0.05, 0) is 45.9 Å². The minimum Gasteiger partial charge on any atom is -0.384 e. The predicted molar refractivity (Wildman–Crippen MR) is 73.4 cm³/mol. The summed E-state index contributed by atoms with van der Waals surface area (Å²) in [5, 5.41) is 14.2. The Morgan fingerprint density at radius 3 is 2.65 bits per heavy atom. The van der Waals surface area contributed by atoms with Crippen LogP contribution in [-0.2, 0) is 6.42 Å². The standard InChI is InChI=1S/C15H18OS/c1-11(2)8-12-4-3-5-13(9-12)15(16)14-6-7-17-10-14/h3-7,9-11,15-16H,8H2,1-2H3. The number of thiophene rings is 1. The van der Waals surface area contributed by atoms with Crippen LogP contribution in [0.2, 0.25) is 0 Å². The second kappa shape index (κ2) is 5.48. The molecule has 0 radical (unpaired) electrons. The summed E-state index contributed by atoms with van der Waals surface area (Å²) in [5.74, 6) is 0.642. The monoisotopic (exact) mass is 246 g/mol. The van der Waals surface area contributed by atoms with Gasteiger partial charge in [-0.25, -0.2) is 0 Å². The predicted octanol–water partition coefficient (Wildman–Crippen LogP) is 4.03. The Labute approximate surface area is 107 Å². The van der Waals surface area contributed by atoms with Gasteiger partial charge in [-0.3, -0.25) is 0 Å². The molecule has 0 aliphatic heterocycles. The normalized spacial score (nSPS) is 12.9.